The smallest absolute Gasteiger partial charge is 0.272 e. The number of aliphatic hydroxyl groups excluding tert-OH is 1. The van der Waals surface area contributed by atoms with Crippen molar-refractivity contribution in [3.8, 4) is 0 Å². The van der Waals surface area contributed by atoms with Crippen molar-refractivity contribution in [3.63, 3.8) is 0 Å². The van der Waals surface area contributed by atoms with E-state index in [1.54, 1.807) is 11.8 Å². The molecule has 1 amide bonds. The average Bonchev–Trinajstić information content (AvgIpc) is 2.38. The Bertz CT molecular complexity index is 429. The third-order valence-electron chi connectivity index (χ3n) is 3.44. The highest BCUT2D eigenvalue weighted by Gasteiger charge is 2.26. The van der Waals surface area contributed by atoms with Crippen LogP contribution in [0.2, 0.25) is 0 Å². The second-order valence-electron chi connectivity index (χ2n) is 4.72. The Labute approximate surface area is 105 Å². The van der Waals surface area contributed by atoms with Crippen molar-refractivity contribution in [2.24, 2.45) is 5.92 Å². The second kappa shape index (κ2) is 5.44. The number of likely N-dealkylation sites (tertiary alicyclic amines) is 1. The third kappa shape index (κ3) is 2.85. The van der Waals surface area contributed by atoms with E-state index in [1.807, 2.05) is 0 Å². The molecular formula is C13H17FN2O2. The van der Waals surface area contributed by atoms with Crippen LogP contribution < -0.4 is 0 Å². The van der Waals surface area contributed by atoms with E-state index >= 15 is 0 Å². The lowest BCUT2D eigenvalue weighted by atomic mass is 9.92. The lowest BCUT2D eigenvalue weighted by molar-refractivity contribution is 0.0516. The molecule has 0 aromatic carbocycles. The summed E-state index contributed by atoms with van der Waals surface area (Å²) >= 11 is 0. The van der Waals surface area contributed by atoms with Crippen molar-refractivity contribution < 1.29 is 14.3 Å². The van der Waals surface area contributed by atoms with Crippen LogP contribution in [0.5, 0.6) is 0 Å². The number of amides is 1. The third-order valence-corrected chi connectivity index (χ3v) is 3.44. The van der Waals surface area contributed by atoms with E-state index < -0.39 is 5.95 Å². The van der Waals surface area contributed by atoms with Crippen LogP contribution in [0, 0.1) is 11.9 Å². The van der Waals surface area contributed by atoms with Gasteiger partial charge < -0.3 is 10.0 Å². The zero-order valence-electron chi connectivity index (χ0n) is 10.3. The van der Waals surface area contributed by atoms with Crippen molar-refractivity contribution in [2.45, 2.75) is 25.9 Å². The number of aromatic nitrogens is 1. The minimum Gasteiger partial charge on any atom is -0.393 e. The number of piperidine rings is 1. The summed E-state index contributed by atoms with van der Waals surface area (Å²) in [6.45, 7) is 2.95. The first-order valence-electron chi connectivity index (χ1n) is 6.18. The zero-order valence-corrected chi connectivity index (χ0v) is 10.3. The highest BCUT2D eigenvalue weighted by molar-refractivity contribution is 5.92. The quantitative estimate of drug-likeness (QED) is 0.811. The summed E-state index contributed by atoms with van der Waals surface area (Å²) < 4.78 is 12.9. The molecule has 0 bridgehead atoms. The van der Waals surface area contributed by atoms with Gasteiger partial charge in [0.05, 0.1) is 6.10 Å². The Morgan fingerprint density at radius 3 is 2.72 bits per heavy atom. The number of carbonyl (C=O) groups is 1. The molecule has 0 spiro atoms. The molecule has 1 aromatic rings. The summed E-state index contributed by atoms with van der Waals surface area (Å²) in [5, 5.41) is 9.49. The first kappa shape index (κ1) is 13.0. The number of rotatable bonds is 2. The summed E-state index contributed by atoms with van der Waals surface area (Å²) in [6.07, 6.45) is 1.21. The van der Waals surface area contributed by atoms with Gasteiger partial charge in [0.25, 0.3) is 5.91 Å². The molecule has 0 radical (unpaired) electrons. The Morgan fingerprint density at radius 1 is 1.50 bits per heavy atom. The minimum atomic E-state index is -0.639. The maximum absolute atomic E-state index is 12.9. The zero-order chi connectivity index (χ0) is 13.1. The lowest BCUT2D eigenvalue weighted by Crippen LogP contribution is -2.41. The van der Waals surface area contributed by atoms with E-state index in [2.05, 4.69) is 4.98 Å². The fourth-order valence-electron chi connectivity index (χ4n) is 2.27. The van der Waals surface area contributed by atoms with Gasteiger partial charge in [-0.05, 0) is 37.8 Å². The van der Waals surface area contributed by atoms with Crippen LogP contribution in [0.1, 0.15) is 30.3 Å². The molecule has 1 fully saturated rings. The topological polar surface area (TPSA) is 53.4 Å². The Hall–Kier alpha value is -1.49. The number of nitrogens with zero attached hydrogens (tertiary/aromatic N) is 2. The maximum Gasteiger partial charge on any atom is 0.272 e. The molecule has 1 aliphatic rings. The highest BCUT2D eigenvalue weighted by atomic mass is 19.1. The van der Waals surface area contributed by atoms with Gasteiger partial charge in [-0.2, -0.15) is 4.39 Å². The number of carbonyl (C=O) groups excluding carboxylic acids is 1. The first-order chi connectivity index (χ1) is 8.58. The van der Waals surface area contributed by atoms with Crippen molar-refractivity contribution in [3.05, 3.63) is 29.8 Å². The van der Waals surface area contributed by atoms with Gasteiger partial charge >= 0.3 is 0 Å². The maximum atomic E-state index is 12.9. The Morgan fingerprint density at radius 2 is 2.17 bits per heavy atom. The fraction of sp³-hybridized carbons (Fsp3) is 0.538. The van der Waals surface area contributed by atoms with Crippen molar-refractivity contribution in [1.82, 2.24) is 9.88 Å². The van der Waals surface area contributed by atoms with Gasteiger partial charge in [0.15, 0.2) is 0 Å². The van der Waals surface area contributed by atoms with Gasteiger partial charge in [0.1, 0.15) is 5.69 Å². The molecule has 0 saturated carbocycles. The first-order valence-corrected chi connectivity index (χ1v) is 6.18. The predicted molar refractivity (Wildman–Crippen MR) is 64.5 cm³/mol. The normalized spacial score (nSPS) is 18.7. The molecule has 98 valence electrons. The molecule has 18 heavy (non-hydrogen) atoms. The molecule has 2 heterocycles. The summed E-state index contributed by atoms with van der Waals surface area (Å²) in [4.78, 5) is 17.3. The van der Waals surface area contributed by atoms with Gasteiger partial charge in [0.2, 0.25) is 5.95 Å². The summed E-state index contributed by atoms with van der Waals surface area (Å²) in [5.41, 5.74) is 0.144. The molecule has 0 aliphatic carbocycles. The minimum absolute atomic E-state index is 0.144. The van der Waals surface area contributed by atoms with Crippen LogP contribution >= 0.6 is 0 Å². The molecule has 4 nitrogen and oxygen atoms in total. The van der Waals surface area contributed by atoms with E-state index in [0.29, 0.717) is 13.1 Å². The van der Waals surface area contributed by atoms with Crippen LogP contribution in [-0.4, -0.2) is 40.1 Å². The molecule has 1 saturated heterocycles. The number of hydrogen-bond donors (Lipinski definition) is 1. The largest absolute Gasteiger partial charge is 0.393 e. The van der Waals surface area contributed by atoms with Crippen molar-refractivity contribution >= 4 is 5.91 Å². The lowest BCUT2D eigenvalue weighted by Gasteiger charge is -2.33. The van der Waals surface area contributed by atoms with Crippen LogP contribution in [0.3, 0.4) is 0 Å². The van der Waals surface area contributed by atoms with Crippen molar-refractivity contribution in [2.75, 3.05) is 13.1 Å². The predicted octanol–water partition coefficient (Wildman–Crippen LogP) is 1.45. The van der Waals surface area contributed by atoms with E-state index in [9.17, 15) is 14.3 Å². The van der Waals surface area contributed by atoms with Crippen LogP contribution in [0.15, 0.2) is 18.2 Å². The standard InChI is InChI=1S/C13H17FN2O2/c1-9(17)10-5-7-16(8-6-10)13(18)11-3-2-4-12(14)15-11/h2-4,9-10,17H,5-8H2,1H3. The number of pyridine rings is 1. The van der Waals surface area contributed by atoms with Gasteiger partial charge in [0, 0.05) is 13.1 Å². The van der Waals surface area contributed by atoms with Gasteiger partial charge in [-0.15, -0.1) is 0 Å². The van der Waals surface area contributed by atoms with Crippen molar-refractivity contribution in [1.29, 1.82) is 0 Å². The van der Waals surface area contributed by atoms with Crippen LogP contribution in [0.25, 0.3) is 0 Å². The number of halogens is 1. The van der Waals surface area contributed by atoms with E-state index in [4.69, 9.17) is 0 Å². The summed E-state index contributed by atoms with van der Waals surface area (Å²) in [5.74, 6) is -0.632. The number of hydrogen-bond acceptors (Lipinski definition) is 3. The Kier molecular flexibility index (Phi) is 3.91. The summed E-state index contributed by atoms with van der Waals surface area (Å²) in [6, 6.07) is 4.22. The molecule has 1 N–H and O–H groups in total. The molecular weight excluding hydrogens is 235 g/mol. The summed E-state index contributed by atoms with van der Waals surface area (Å²) in [7, 11) is 0. The number of aliphatic hydroxyl groups is 1. The van der Waals surface area contributed by atoms with E-state index in [1.165, 1.54) is 18.2 Å². The fourth-order valence-corrected chi connectivity index (χ4v) is 2.27. The van der Waals surface area contributed by atoms with Crippen LogP contribution in [0.4, 0.5) is 4.39 Å². The molecule has 1 aliphatic heterocycles. The SMILES string of the molecule is CC(O)C1CCN(C(=O)c2cccc(F)n2)CC1. The van der Waals surface area contributed by atoms with Crippen LogP contribution in [-0.2, 0) is 0 Å². The van der Waals surface area contributed by atoms with E-state index in [-0.39, 0.29) is 23.6 Å². The highest BCUT2D eigenvalue weighted by Crippen LogP contribution is 2.21. The monoisotopic (exact) mass is 252 g/mol. The molecule has 1 aromatic heterocycles. The molecule has 5 heteroatoms. The van der Waals surface area contributed by atoms with Gasteiger partial charge in [-0.3, -0.25) is 4.79 Å². The molecule has 1 unspecified atom stereocenters. The van der Waals surface area contributed by atoms with E-state index in [0.717, 1.165) is 12.8 Å². The van der Waals surface area contributed by atoms with Gasteiger partial charge in [-0.1, -0.05) is 6.07 Å². The van der Waals surface area contributed by atoms with Gasteiger partial charge in [-0.25, -0.2) is 4.98 Å². The second-order valence-corrected chi connectivity index (χ2v) is 4.72. The molecule has 1 atom stereocenters. The Balaban J connectivity index is 1.99. The molecule has 2 rings (SSSR count). The average molecular weight is 252 g/mol.